The van der Waals surface area contributed by atoms with Crippen molar-refractivity contribution in [1.82, 2.24) is 19.5 Å². The van der Waals surface area contributed by atoms with Crippen LogP contribution in [0.3, 0.4) is 0 Å². The summed E-state index contributed by atoms with van der Waals surface area (Å²) in [4.78, 5) is 23.0. The number of hydrogen-bond donors (Lipinski definition) is 6. The minimum absolute atomic E-state index is 0.0421. The van der Waals surface area contributed by atoms with E-state index in [0.29, 0.717) is 6.54 Å². The van der Waals surface area contributed by atoms with Crippen LogP contribution in [-0.2, 0) is 4.74 Å². The topological polar surface area (TPSA) is 172 Å². The number of aliphatic hydroxyl groups is 3. The molecular formula is C17H28N6O5. The van der Waals surface area contributed by atoms with Crippen molar-refractivity contribution >= 4 is 23.1 Å². The minimum Gasteiger partial charge on any atom is -0.394 e. The van der Waals surface area contributed by atoms with Crippen LogP contribution < -0.4 is 16.6 Å². The zero-order chi connectivity index (χ0) is 20.3. The highest BCUT2D eigenvalue weighted by Gasteiger charge is 2.45. The van der Waals surface area contributed by atoms with E-state index in [1.807, 2.05) is 0 Å². The SMILES string of the molecule is CCCCCCCNc1nc2c(=O)[nH]c(N)nc2n1C1OC(CO)C(O)C1O. The van der Waals surface area contributed by atoms with Crippen molar-refractivity contribution in [3.8, 4) is 0 Å². The fourth-order valence-electron chi connectivity index (χ4n) is 3.39. The molecule has 3 heterocycles. The van der Waals surface area contributed by atoms with Gasteiger partial charge >= 0.3 is 0 Å². The maximum Gasteiger partial charge on any atom is 0.280 e. The number of unbranched alkanes of at least 4 members (excludes halogenated alkanes) is 4. The molecule has 1 aliphatic rings. The smallest absolute Gasteiger partial charge is 0.280 e. The van der Waals surface area contributed by atoms with Crippen molar-refractivity contribution in [3.63, 3.8) is 0 Å². The van der Waals surface area contributed by atoms with Crippen molar-refractivity contribution in [2.45, 2.75) is 63.6 Å². The molecule has 0 amide bonds. The molecule has 4 unspecified atom stereocenters. The summed E-state index contributed by atoms with van der Waals surface area (Å²) < 4.78 is 7.02. The van der Waals surface area contributed by atoms with Crippen LogP contribution in [0.2, 0.25) is 0 Å². The summed E-state index contributed by atoms with van der Waals surface area (Å²) in [5.74, 6) is 0.181. The van der Waals surface area contributed by atoms with Crippen molar-refractivity contribution in [1.29, 1.82) is 0 Å². The molecule has 1 fully saturated rings. The van der Waals surface area contributed by atoms with Crippen LogP contribution in [0.25, 0.3) is 11.2 Å². The fourth-order valence-corrected chi connectivity index (χ4v) is 3.39. The Morgan fingerprint density at radius 3 is 2.64 bits per heavy atom. The molecule has 0 aliphatic carbocycles. The highest BCUT2D eigenvalue weighted by Crippen LogP contribution is 2.33. The first-order valence-electron chi connectivity index (χ1n) is 9.62. The average molecular weight is 396 g/mol. The Morgan fingerprint density at radius 2 is 1.96 bits per heavy atom. The van der Waals surface area contributed by atoms with Crippen LogP contribution in [0.5, 0.6) is 0 Å². The van der Waals surface area contributed by atoms with Crippen molar-refractivity contribution in [2.75, 3.05) is 24.2 Å². The normalized spacial score (nSPS) is 24.9. The molecule has 0 spiro atoms. The molecule has 0 aromatic carbocycles. The Balaban J connectivity index is 1.91. The third kappa shape index (κ3) is 3.97. The molecular weight excluding hydrogens is 368 g/mol. The molecule has 28 heavy (non-hydrogen) atoms. The van der Waals surface area contributed by atoms with Gasteiger partial charge in [0.2, 0.25) is 11.9 Å². The standard InChI is InChI=1S/C17H28N6O5/c1-2-3-4-5-6-7-19-17-20-10-13(21-16(18)22-14(10)27)23(17)15-12(26)11(25)9(8-24)28-15/h9,11-12,15,24-26H,2-8H2,1H3,(H,19,20)(H3,18,21,22,27). The number of imidazole rings is 1. The summed E-state index contributed by atoms with van der Waals surface area (Å²) in [5, 5.41) is 33.0. The summed E-state index contributed by atoms with van der Waals surface area (Å²) in [7, 11) is 0. The van der Waals surface area contributed by atoms with Crippen LogP contribution in [0.4, 0.5) is 11.9 Å². The lowest BCUT2D eigenvalue weighted by molar-refractivity contribution is -0.0501. The quantitative estimate of drug-likeness (QED) is 0.311. The van der Waals surface area contributed by atoms with E-state index in [1.54, 1.807) is 0 Å². The van der Waals surface area contributed by atoms with E-state index in [-0.39, 0.29) is 23.1 Å². The number of nitrogens with two attached hydrogens (primary N) is 1. The van der Waals surface area contributed by atoms with Gasteiger partial charge in [0.1, 0.15) is 18.3 Å². The predicted molar refractivity (Wildman–Crippen MR) is 103 cm³/mol. The Kier molecular flexibility index (Phi) is 6.50. The lowest BCUT2D eigenvalue weighted by Gasteiger charge is -2.19. The molecule has 156 valence electrons. The molecule has 11 heteroatoms. The summed E-state index contributed by atoms with van der Waals surface area (Å²) in [6.07, 6.45) is 0.791. The van der Waals surface area contributed by atoms with Gasteiger partial charge in [-0.05, 0) is 6.42 Å². The van der Waals surface area contributed by atoms with Gasteiger partial charge in [0.15, 0.2) is 17.4 Å². The van der Waals surface area contributed by atoms with Gasteiger partial charge in [0.25, 0.3) is 5.56 Å². The van der Waals surface area contributed by atoms with Crippen molar-refractivity contribution < 1.29 is 20.1 Å². The van der Waals surface area contributed by atoms with Crippen LogP contribution in [0.1, 0.15) is 45.3 Å². The second kappa shape index (κ2) is 8.86. The van der Waals surface area contributed by atoms with Gasteiger partial charge in [-0.25, -0.2) is 4.98 Å². The van der Waals surface area contributed by atoms with Gasteiger partial charge in [-0.3, -0.25) is 14.3 Å². The number of nitrogens with zero attached hydrogens (tertiary/aromatic N) is 3. The molecule has 3 rings (SSSR count). The Morgan fingerprint density at radius 1 is 1.21 bits per heavy atom. The minimum atomic E-state index is -1.33. The van der Waals surface area contributed by atoms with Gasteiger partial charge in [-0.1, -0.05) is 32.6 Å². The third-order valence-electron chi connectivity index (χ3n) is 4.90. The fraction of sp³-hybridized carbons (Fsp3) is 0.706. The van der Waals surface area contributed by atoms with Crippen molar-refractivity contribution in [3.05, 3.63) is 10.4 Å². The van der Waals surface area contributed by atoms with Gasteiger partial charge in [-0.2, -0.15) is 4.98 Å². The van der Waals surface area contributed by atoms with Gasteiger partial charge in [-0.15, -0.1) is 0 Å². The number of H-pyrrole nitrogens is 1. The predicted octanol–water partition coefficient (Wildman–Crippen LogP) is -0.304. The van der Waals surface area contributed by atoms with Gasteiger partial charge in [0, 0.05) is 6.54 Å². The molecule has 0 saturated carbocycles. The Bertz CT molecular complexity index is 852. The number of anilines is 2. The number of aliphatic hydroxyl groups excluding tert-OH is 3. The van der Waals surface area contributed by atoms with E-state index in [1.165, 1.54) is 11.0 Å². The lowest BCUT2D eigenvalue weighted by atomic mass is 10.1. The van der Waals surface area contributed by atoms with E-state index in [0.717, 1.165) is 25.7 Å². The van der Waals surface area contributed by atoms with E-state index in [4.69, 9.17) is 10.5 Å². The Hall–Kier alpha value is -2.21. The number of nitrogens with one attached hydrogen (secondary N) is 2. The number of rotatable bonds is 9. The molecule has 1 aliphatic heterocycles. The summed E-state index contributed by atoms with van der Waals surface area (Å²) in [5.41, 5.74) is 5.32. The highest BCUT2D eigenvalue weighted by atomic mass is 16.6. The van der Waals surface area contributed by atoms with Crippen molar-refractivity contribution in [2.24, 2.45) is 0 Å². The first kappa shape index (κ1) is 20.5. The number of nitrogen functional groups attached to an aromatic ring is 1. The maximum atomic E-state index is 12.2. The first-order chi connectivity index (χ1) is 13.5. The second-order valence-corrected chi connectivity index (χ2v) is 7.00. The number of aromatic nitrogens is 4. The summed E-state index contributed by atoms with van der Waals surface area (Å²) in [6, 6.07) is 0. The molecule has 4 atom stereocenters. The van der Waals surface area contributed by atoms with Crippen LogP contribution in [-0.4, -0.2) is 66.3 Å². The van der Waals surface area contributed by atoms with Crippen LogP contribution in [0, 0.1) is 0 Å². The largest absolute Gasteiger partial charge is 0.394 e. The zero-order valence-electron chi connectivity index (χ0n) is 15.8. The number of hydrogen-bond acceptors (Lipinski definition) is 9. The monoisotopic (exact) mass is 396 g/mol. The molecule has 2 aromatic rings. The zero-order valence-corrected chi connectivity index (χ0v) is 15.8. The number of fused-ring (bicyclic) bond motifs is 1. The maximum absolute atomic E-state index is 12.2. The number of ether oxygens (including phenoxy) is 1. The molecule has 1 saturated heterocycles. The molecule has 0 radical (unpaired) electrons. The highest BCUT2D eigenvalue weighted by molar-refractivity contribution is 5.74. The van der Waals surface area contributed by atoms with Gasteiger partial charge in [0.05, 0.1) is 6.61 Å². The first-order valence-corrected chi connectivity index (χ1v) is 9.62. The van der Waals surface area contributed by atoms with E-state index >= 15 is 0 Å². The average Bonchev–Trinajstić information content (AvgIpc) is 3.16. The molecule has 11 nitrogen and oxygen atoms in total. The van der Waals surface area contributed by atoms with Crippen LogP contribution >= 0.6 is 0 Å². The molecule has 2 aromatic heterocycles. The van der Waals surface area contributed by atoms with Gasteiger partial charge < -0.3 is 31.1 Å². The van der Waals surface area contributed by atoms with E-state index in [2.05, 4.69) is 27.2 Å². The van der Waals surface area contributed by atoms with E-state index in [9.17, 15) is 20.1 Å². The van der Waals surface area contributed by atoms with Crippen LogP contribution in [0.15, 0.2) is 4.79 Å². The summed E-state index contributed by atoms with van der Waals surface area (Å²) >= 11 is 0. The number of aromatic amines is 1. The second-order valence-electron chi connectivity index (χ2n) is 7.00. The molecule has 7 N–H and O–H groups in total. The summed E-state index contributed by atoms with van der Waals surface area (Å²) in [6.45, 7) is 2.30. The lowest BCUT2D eigenvalue weighted by Crippen LogP contribution is -2.33. The van der Waals surface area contributed by atoms with E-state index < -0.39 is 36.7 Å². The Labute approximate surface area is 161 Å². The third-order valence-corrected chi connectivity index (χ3v) is 4.90. The molecule has 0 bridgehead atoms.